The van der Waals surface area contributed by atoms with E-state index in [1.807, 2.05) is 6.20 Å². The van der Waals surface area contributed by atoms with Crippen LogP contribution in [0, 0.1) is 19.8 Å². The highest BCUT2D eigenvalue weighted by atomic mass is 16.5. The zero-order valence-electron chi connectivity index (χ0n) is 17.3. The van der Waals surface area contributed by atoms with Crippen molar-refractivity contribution in [2.45, 2.75) is 77.7 Å². The van der Waals surface area contributed by atoms with Gasteiger partial charge >= 0.3 is 0 Å². The average Bonchev–Trinajstić information content (AvgIpc) is 3.14. The second-order valence-corrected chi connectivity index (χ2v) is 7.83. The first-order valence-corrected chi connectivity index (χ1v) is 10.1. The van der Waals surface area contributed by atoms with Gasteiger partial charge in [-0.15, -0.1) is 12.8 Å². The molecular weight excluding hydrogens is 330 g/mol. The molecule has 1 heterocycles. The van der Waals surface area contributed by atoms with Crippen LogP contribution in [0.15, 0.2) is 36.5 Å². The molecule has 3 rings (SSSR count). The second-order valence-electron chi connectivity index (χ2n) is 7.83. The smallest absolute Gasteiger partial charge is 0.123 e. The number of hydrogen-bond acceptors (Lipinski definition) is 2. The van der Waals surface area contributed by atoms with E-state index in [9.17, 15) is 0 Å². The molecule has 0 bridgehead atoms. The number of aryl methyl sites for hydroxylation is 1. The number of para-hydroxylation sites is 1. The van der Waals surface area contributed by atoms with Crippen LogP contribution >= 0.6 is 0 Å². The van der Waals surface area contributed by atoms with Crippen LogP contribution in [0.25, 0.3) is 0 Å². The van der Waals surface area contributed by atoms with E-state index >= 15 is 0 Å². The number of aromatic nitrogens is 1. The zero-order valence-corrected chi connectivity index (χ0v) is 17.3. The minimum atomic E-state index is 0.0474. The third kappa shape index (κ3) is 5.13. The van der Waals surface area contributed by atoms with Crippen molar-refractivity contribution >= 4 is 0 Å². The maximum atomic E-state index is 6.59. The van der Waals surface area contributed by atoms with Crippen LogP contribution in [0.5, 0.6) is 5.75 Å². The highest BCUT2D eigenvalue weighted by Crippen LogP contribution is 2.38. The Bertz CT molecular complexity index is 754. The van der Waals surface area contributed by atoms with Gasteiger partial charge in [-0.25, -0.2) is 0 Å². The Balaban J connectivity index is 0.00000126. The molecule has 2 nitrogen and oxygen atoms in total. The minimum absolute atomic E-state index is 0.0474. The van der Waals surface area contributed by atoms with E-state index in [2.05, 4.69) is 70.9 Å². The van der Waals surface area contributed by atoms with Crippen molar-refractivity contribution < 1.29 is 4.74 Å². The highest BCUT2D eigenvalue weighted by molar-refractivity contribution is 5.39. The lowest BCUT2D eigenvalue weighted by molar-refractivity contribution is 0.0710. The van der Waals surface area contributed by atoms with Crippen LogP contribution in [-0.4, -0.2) is 10.6 Å². The summed E-state index contributed by atoms with van der Waals surface area (Å²) in [5.74, 6) is 1.52. The molecule has 1 saturated carbocycles. The predicted molar refractivity (Wildman–Crippen MR) is 114 cm³/mol. The van der Waals surface area contributed by atoms with Crippen LogP contribution in [-0.2, 0) is 6.42 Å². The van der Waals surface area contributed by atoms with Gasteiger partial charge in [0.25, 0.3) is 0 Å². The number of rotatable bonds is 6. The Morgan fingerprint density at radius 2 is 1.81 bits per heavy atom. The number of pyridine rings is 1. The van der Waals surface area contributed by atoms with E-state index in [1.54, 1.807) is 0 Å². The van der Waals surface area contributed by atoms with E-state index in [4.69, 9.17) is 9.72 Å². The minimum Gasteiger partial charge on any atom is -0.487 e. The Labute approximate surface area is 165 Å². The first kappa shape index (κ1) is 21.0. The lowest BCUT2D eigenvalue weighted by Gasteiger charge is -2.30. The van der Waals surface area contributed by atoms with E-state index in [0.717, 1.165) is 18.6 Å². The molecule has 1 aromatic heterocycles. The SMILES string of the molecule is C#C.CCC1(Oc2ccccc2Cc2cnc(C(C)C)c(C)c2)CCCC1. The summed E-state index contributed by atoms with van der Waals surface area (Å²) >= 11 is 0. The third-order valence-electron chi connectivity index (χ3n) is 5.58. The van der Waals surface area contributed by atoms with Gasteiger partial charge in [-0.1, -0.05) is 45.0 Å². The fourth-order valence-corrected chi connectivity index (χ4v) is 4.09. The molecule has 1 fully saturated rings. The van der Waals surface area contributed by atoms with Crippen LogP contribution in [0.3, 0.4) is 0 Å². The Hall–Kier alpha value is -2.27. The maximum Gasteiger partial charge on any atom is 0.123 e. The monoisotopic (exact) mass is 363 g/mol. The summed E-state index contributed by atoms with van der Waals surface area (Å²) < 4.78 is 6.59. The molecule has 0 N–H and O–H groups in total. The fourth-order valence-electron chi connectivity index (χ4n) is 4.09. The van der Waals surface area contributed by atoms with Crippen molar-refractivity contribution in [3.05, 3.63) is 58.9 Å². The normalized spacial score (nSPS) is 15.2. The third-order valence-corrected chi connectivity index (χ3v) is 5.58. The number of ether oxygens (including phenoxy) is 1. The standard InChI is InChI=1S/C23H31NO.C2H2/c1-5-23(12-8-9-13-23)25-21-11-7-6-10-20(21)15-19-14-18(4)22(17(2)3)24-16-19;1-2/h6-7,10-11,14,16-17H,5,8-9,12-13,15H2,1-4H3;1-2H. The Kier molecular flexibility index (Phi) is 7.48. The van der Waals surface area contributed by atoms with Crippen LogP contribution in [0.4, 0.5) is 0 Å². The average molecular weight is 364 g/mol. The van der Waals surface area contributed by atoms with Gasteiger partial charge < -0.3 is 4.74 Å². The van der Waals surface area contributed by atoms with Crippen molar-refractivity contribution in [2.24, 2.45) is 0 Å². The first-order chi connectivity index (χ1) is 13.0. The first-order valence-electron chi connectivity index (χ1n) is 10.1. The van der Waals surface area contributed by atoms with Gasteiger partial charge in [-0.2, -0.15) is 0 Å². The highest BCUT2D eigenvalue weighted by Gasteiger charge is 2.34. The van der Waals surface area contributed by atoms with Crippen LogP contribution in [0.1, 0.15) is 81.2 Å². The lowest BCUT2D eigenvalue weighted by atomic mass is 9.97. The molecule has 1 aliphatic carbocycles. The molecule has 0 radical (unpaired) electrons. The second kappa shape index (κ2) is 9.60. The number of hydrogen-bond donors (Lipinski definition) is 0. The molecule has 0 amide bonds. The number of terminal acetylenes is 1. The van der Waals surface area contributed by atoms with E-state index in [0.29, 0.717) is 5.92 Å². The summed E-state index contributed by atoms with van der Waals surface area (Å²) in [6.07, 6.45) is 16.9. The van der Waals surface area contributed by atoms with Crippen molar-refractivity contribution in [1.29, 1.82) is 0 Å². The molecule has 1 aromatic carbocycles. The molecule has 2 heteroatoms. The zero-order chi connectivity index (χ0) is 19.9. The van der Waals surface area contributed by atoms with E-state index in [1.165, 1.54) is 48.1 Å². The molecule has 0 saturated heterocycles. The van der Waals surface area contributed by atoms with Gasteiger partial charge in [0.15, 0.2) is 0 Å². The Morgan fingerprint density at radius 1 is 1.15 bits per heavy atom. The summed E-state index contributed by atoms with van der Waals surface area (Å²) in [7, 11) is 0. The molecule has 27 heavy (non-hydrogen) atoms. The molecule has 144 valence electrons. The number of nitrogens with zero attached hydrogens (tertiary/aromatic N) is 1. The van der Waals surface area contributed by atoms with Crippen molar-refractivity contribution in [1.82, 2.24) is 4.98 Å². The molecule has 1 aliphatic rings. The Morgan fingerprint density at radius 3 is 2.41 bits per heavy atom. The van der Waals surface area contributed by atoms with Gasteiger partial charge in [0.05, 0.1) is 0 Å². The number of benzene rings is 1. The summed E-state index contributed by atoms with van der Waals surface area (Å²) in [6, 6.07) is 10.8. The molecular formula is C25H33NO. The molecule has 2 aromatic rings. The van der Waals surface area contributed by atoms with Crippen molar-refractivity contribution in [3.63, 3.8) is 0 Å². The van der Waals surface area contributed by atoms with E-state index in [-0.39, 0.29) is 5.60 Å². The van der Waals surface area contributed by atoms with Gasteiger partial charge in [0.1, 0.15) is 11.4 Å². The van der Waals surface area contributed by atoms with Crippen molar-refractivity contribution in [2.75, 3.05) is 0 Å². The van der Waals surface area contributed by atoms with Gasteiger partial charge in [-0.05, 0) is 67.7 Å². The maximum absolute atomic E-state index is 6.59. The largest absolute Gasteiger partial charge is 0.487 e. The fraction of sp³-hybridized carbons (Fsp3) is 0.480. The summed E-state index contributed by atoms with van der Waals surface area (Å²) in [5, 5.41) is 0. The topological polar surface area (TPSA) is 22.1 Å². The van der Waals surface area contributed by atoms with Crippen LogP contribution < -0.4 is 4.74 Å². The van der Waals surface area contributed by atoms with Gasteiger partial charge in [0.2, 0.25) is 0 Å². The lowest BCUT2D eigenvalue weighted by Crippen LogP contribution is -2.31. The summed E-state index contributed by atoms with van der Waals surface area (Å²) in [6.45, 7) is 8.82. The summed E-state index contributed by atoms with van der Waals surface area (Å²) in [5.41, 5.74) is 5.05. The quantitative estimate of drug-likeness (QED) is 0.550. The molecule has 0 aliphatic heterocycles. The van der Waals surface area contributed by atoms with Gasteiger partial charge in [0, 0.05) is 18.3 Å². The molecule has 0 unspecified atom stereocenters. The molecule has 0 spiro atoms. The predicted octanol–water partition coefficient (Wildman–Crippen LogP) is 6.46. The van der Waals surface area contributed by atoms with Crippen LogP contribution in [0.2, 0.25) is 0 Å². The van der Waals surface area contributed by atoms with Gasteiger partial charge in [-0.3, -0.25) is 4.98 Å². The van der Waals surface area contributed by atoms with Crippen molar-refractivity contribution in [3.8, 4) is 18.6 Å². The molecule has 0 atom stereocenters. The summed E-state index contributed by atoms with van der Waals surface area (Å²) in [4.78, 5) is 4.70. The van der Waals surface area contributed by atoms with E-state index < -0.39 is 0 Å².